The Morgan fingerprint density at radius 3 is 2.00 bits per heavy atom. The molecule has 17 heavy (non-hydrogen) atoms. The smallest absolute Gasteiger partial charge is 0.212 e. The quantitative estimate of drug-likeness (QED) is 0.732. The molecule has 0 aromatic heterocycles. The Kier molecular flexibility index (Phi) is 2.74. The van der Waals surface area contributed by atoms with Crippen molar-refractivity contribution in [2.24, 2.45) is 5.14 Å². The molecule has 0 radical (unpaired) electrons. The van der Waals surface area contributed by atoms with E-state index in [1.807, 2.05) is 0 Å². The molecule has 0 aliphatic carbocycles. The van der Waals surface area contributed by atoms with Crippen LogP contribution < -0.4 is 5.14 Å². The maximum atomic E-state index is 11.5. The van der Waals surface area contributed by atoms with Crippen LogP contribution in [0.1, 0.15) is 25.7 Å². The Morgan fingerprint density at radius 2 is 1.59 bits per heavy atom. The molecule has 0 unspecified atom stereocenters. The minimum absolute atomic E-state index is 0.297. The molecule has 2 bridgehead atoms. The van der Waals surface area contributed by atoms with E-state index in [9.17, 15) is 8.42 Å². The van der Waals surface area contributed by atoms with E-state index in [0.717, 1.165) is 38.8 Å². The molecule has 0 aromatic carbocycles. The molecule has 3 saturated heterocycles. The van der Waals surface area contributed by atoms with Crippen molar-refractivity contribution < 1.29 is 8.42 Å². The van der Waals surface area contributed by atoms with Gasteiger partial charge in [-0.05, 0) is 32.7 Å². The van der Waals surface area contributed by atoms with Gasteiger partial charge in [-0.15, -0.1) is 0 Å². The zero-order valence-corrected chi connectivity index (χ0v) is 11.1. The van der Waals surface area contributed by atoms with E-state index >= 15 is 0 Å². The SMILES string of the molecule is CN1CC(N2[C@@H]3CC[C@H]2C[C@@H](S(N)(=O)=O)C3)C1. The minimum atomic E-state index is -3.34. The second kappa shape index (κ2) is 3.91. The second-order valence-electron chi connectivity index (χ2n) is 5.89. The van der Waals surface area contributed by atoms with Gasteiger partial charge in [0.25, 0.3) is 0 Å². The topological polar surface area (TPSA) is 66.6 Å². The van der Waals surface area contributed by atoms with Crippen LogP contribution in [0.3, 0.4) is 0 Å². The van der Waals surface area contributed by atoms with Gasteiger partial charge in [0.15, 0.2) is 0 Å². The van der Waals surface area contributed by atoms with Gasteiger partial charge in [0, 0.05) is 31.2 Å². The third-order valence-electron chi connectivity index (χ3n) is 4.68. The first-order valence-electron chi connectivity index (χ1n) is 6.42. The summed E-state index contributed by atoms with van der Waals surface area (Å²) in [5.41, 5.74) is 0. The maximum Gasteiger partial charge on any atom is 0.212 e. The molecule has 3 atom stereocenters. The number of sulfonamides is 1. The van der Waals surface area contributed by atoms with Gasteiger partial charge in [-0.2, -0.15) is 0 Å². The highest BCUT2D eigenvalue weighted by Crippen LogP contribution is 2.40. The van der Waals surface area contributed by atoms with E-state index in [2.05, 4.69) is 16.8 Å². The molecule has 6 heteroatoms. The number of likely N-dealkylation sites (tertiary alicyclic amines) is 1. The summed E-state index contributed by atoms with van der Waals surface area (Å²) in [6.45, 7) is 2.26. The Hall–Kier alpha value is -0.170. The number of fused-ring (bicyclic) bond motifs is 2. The van der Waals surface area contributed by atoms with Crippen molar-refractivity contribution in [3.63, 3.8) is 0 Å². The summed E-state index contributed by atoms with van der Waals surface area (Å²) in [6.07, 6.45) is 3.79. The highest BCUT2D eigenvalue weighted by atomic mass is 32.2. The lowest BCUT2D eigenvalue weighted by Crippen LogP contribution is -2.63. The van der Waals surface area contributed by atoms with Crippen molar-refractivity contribution in [1.82, 2.24) is 9.80 Å². The van der Waals surface area contributed by atoms with E-state index in [4.69, 9.17) is 5.14 Å². The highest BCUT2D eigenvalue weighted by molar-refractivity contribution is 7.89. The largest absolute Gasteiger partial charge is 0.303 e. The van der Waals surface area contributed by atoms with Gasteiger partial charge in [0.05, 0.1) is 5.25 Å². The molecule has 0 spiro atoms. The van der Waals surface area contributed by atoms with Crippen molar-refractivity contribution in [3.05, 3.63) is 0 Å². The zero-order chi connectivity index (χ0) is 12.2. The van der Waals surface area contributed by atoms with Gasteiger partial charge in [-0.25, -0.2) is 13.6 Å². The van der Waals surface area contributed by atoms with E-state index in [-0.39, 0.29) is 5.25 Å². The van der Waals surface area contributed by atoms with Crippen LogP contribution in [-0.4, -0.2) is 61.7 Å². The summed E-state index contributed by atoms with van der Waals surface area (Å²) in [5.74, 6) is 0. The van der Waals surface area contributed by atoms with Crippen molar-refractivity contribution in [3.8, 4) is 0 Å². The van der Waals surface area contributed by atoms with E-state index in [0.29, 0.717) is 18.1 Å². The molecular weight excluding hydrogens is 238 g/mol. The summed E-state index contributed by atoms with van der Waals surface area (Å²) in [7, 11) is -1.20. The van der Waals surface area contributed by atoms with Gasteiger partial charge >= 0.3 is 0 Å². The molecule has 3 rings (SSSR count). The number of likely N-dealkylation sites (N-methyl/N-ethyl adjacent to an activating group) is 1. The van der Waals surface area contributed by atoms with Crippen LogP contribution in [0.4, 0.5) is 0 Å². The minimum Gasteiger partial charge on any atom is -0.303 e. The highest BCUT2D eigenvalue weighted by Gasteiger charge is 2.48. The van der Waals surface area contributed by atoms with Crippen LogP contribution in [0, 0.1) is 0 Å². The van der Waals surface area contributed by atoms with Gasteiger partial charge in [-0.1, -0.05) is 0 Å². The third kappa shape index (κ3) is 2.01. The Bertz CT molecular complexity index is 391. The molecule has 2 N–H and O–H groups in total. The number of nitrogens with two attached hydrogens (primary N) is 1. The van der Waals surface area contributed by atoms with E-state index < -0.39 is 10.0 Å². The first-order chi connectivity index (χ1) is 7.95. The second-order valence-corrected chi connectivity index (χ2v) is 7.73. The van der Waals surface area contributed by atoms with Crippen LogP contribution in [0.2, 0.25) is 0 Å². The molecule has 0 amide bonds. The molecule has 98 valence electrons. The van der Waals surface area contributed by atoms with Crippen molar-refractivity contribution in [1.29, 1.82) is 0 Å². The van der Waals surface area contributed by atoms with E-state index in [1.165, 1.54) is 0 Å². The lowest BCUT2D eigenvalue weighted by molar-refractivity contribution is 0.000565. The number of hydrogen-bond donors (Lipinski definition) is 1. The number of hydrogen-bond acceptors (Lipinski definition) is 4. The van der Waals surface area contributed by atoms with Gasteiger partial charge in [0.2, 0.25) is 10.0 Å². The predicted molar refractivity (Wildman–Crippen MR) is 66.1 cm³/mol. The zero-order valence-electron chi connectivity index (χ0n) is 10.2. The molecule has 3 heterocycles. The van der Waals surface area contributed by atoms with Gasteiger partial charge in [0.1, 0.15) is 0 Å². The molecule has 5 nitrogen and oxygen atoms in total. The van der Waals surface area contributed by atoms with Crippen molar-refractivity contribution in [2.45, 2.75) is 49.1 Å². The standard InChI is InChI=1S/C11H21N3O2S/c1-13-6-10(7-13)14-8-2-3-9(14)5-11(4-8)17(12,15)16/h8-11H,2-7H2,1H3,(H2,12,15,16)/t8-,9+,11+. The third-order valence-corrected chi connectivity index (χ3v) is 5.99. The lowest BCUT2D eigenvalue weighted by atomic mass is 9.97. The van der Waals surface area contributed by atoms with Crippen LogP contribution in [0.5, 0.6) is 0 Å². The monoisotopic (exact) mass is 259 g/mol. The maximum absolute atomic E-state index is 11.5. The van der Waals surface area contributed by atoms with Crippen LogP contribution in [0.15, 0.2) is 0 Å². The van der Waals surface area contributed by atoms with Crippen LogP contribution >= 0.6 is 0 Å². The fraction of sp³-hybridized carbons (Fsp3) is 1.00. The summed E-state index contributed by atoms with van der Waals surface area (Å²) in [6, 6.07) is 1.56. The number of nitrogens with zero attached hydrogens (tertiary/aromatic N) is 2. The van der Waals surface area contributed by atoms with Crippen LogP contribution in [0.25, 0.3) is 0 Å². The lowest BCUT2D eigenvalue weighted by Gasteiger charge is -2.49. The summed E-state index contributed by atoms with van der Waals surface area (Å²) in [4.78, 5) is 4.90. The first-order valence-corrected chi connectivity index (χ1v) is 8.03. The van der Waals surface area contributed by atoms with Gasteiger partial charge < -0.3 is 4.90 Å². The van der Waals surface area contributed by atoms with Crippen LogP contribution in [-0.2, 0) is 10.0 Å². The molecule has 3 aliphatic rings. The number of primary sulfonamides is 1. The fourth-order valence-electron chi connectivity index (χ4n) is 3.88. The molecule has 3 aliphatic heterocycles. The summed E-state index contributed by atoms with van der Waals surface area (Å²) >= 11 is 0. The number of piperidine rings is 1. The Morgan fingerprint density at radius 1 is 1.06 bits per heavy atom. The van der Waals surface area contributed by atoms with E-state index in [1.54, 1.807) is 0 Å². The average Bonchev–Trinajstić information content (AvgIpc) is 2.44. The molecule has 0 saturated carbocycles. The number of rotatable bonds is 2. The fourth-order valence-corrected chi connectivity index (χ4v) is 4.86. The van der Waals surface area contributed by atoms with Gasteiger partial charge in [-0.3, -0.25) is 4.90 Å². The molecular formula is C11H21N3O2S. The Labute approximate surface area is 103 Å². The molecule has 3 fully saturated rings. The predicted octanol–water partition coefficient (Wildman–Crippen LogP) is -0.416. The first kappa shape index (κ1) is 11.9. The van der Waals surface area contributed by atoms with Crippen molar-refractivity contribution in [2.75, 3.05) is 20.1 Å². The normalized spacial score (nSPS) is 40.5. The average molecular weight is 259 g/mol. The van der Waals surface area contributed by atoms with Crippen molar-refractivity contribution >= 4 is 10.0 Å². The molecule has 0 aromatic rings. The summed E-state index contributed by atoms with van der Waals surface area (Å²) < 4.78 is 22.9. The Balaban J connectivity index is 1.72. The summed E-state index contributed by atoms with van der Waals surface area (Å²) in [5, 5.41) is 5.00.